The van der Waals surface area contributed by atoms with Gasteiger partial charge in [-0.15, -0.1) is 0 Å². The molecule has 282 valence electrons. The molecule has 0 heterocycles. The highest BCUT2D eigenvalue weighted by atomic mass is 16.5. The van der Waals surface area contributed by atoms with Crippen molar-refractivity contribution in [2.45, 2.75) is 177 Å². The van der Waals surface area contributed by atoms with E-state index in [4.69, 9.17) is 4.74 Å². The molecule has 6 aliphatic rings. The van der Waals surface area contributed by atoms with Crippen molar-refractivity contribution in [2.75, 3.05) is 0 Å². The van der Waals surface area contributed by atoms with Crippen molar-refractivity contribution in [3.63, 3.8) is 0 Å². The van der Waals surface area contributed by atoms with E-state index >= 15 is 0 Å². The first kappa shape index (κ1) is 37.9. The molecule has 50 heavy (non-hydrogen) atoms. The number of ether oxygens (including phenoxy) is 1. The molecule has 10 atom stereocenters. The van der Waals surface area contributed by atoms with Crippen LogP contribution in [-0.2, 0) is 19.1 Å². The Bertz CT molecular complexity index is 1360. The number of fused-ring (bicyclic) bond motifs is 7. The van der Waals surface area contributed by atoms with Crippen LogP contribution < -0.4 is 5.32 Å². The highest BCUT2D eigenvalue weighted by Crippen LogP contribution is 2.78. The Balaban J connectivity index is 1.22. The Morgan fingerprint density at radius 3 is 2.14 bits per heavy atom. The van der Waals surface area contributed by atoms with Crippen LogP contribution in [0.1, 0.15) is 165 Å². The summed E-state index contributed by atoms with van der Waals surface area (Å²) in [5, 5.41) is 13.1. The molecule has 6 heteroatoms. The largest absolute Gasteiger partial charge is 0.481 e. The lowest BCUT2D eigenvalue weighted by molar-refractivity contribution is -0.250. The number of hydrogen-bond donors (Lipinski definition) is 2. The molecule has 1 amide bonds. The standard InChI is InChI=1S/C44H71NO5/c1-27(2)30-17-22-44(25-35(46)45-29-13-11-28(3)12-14-29)24-23-42(9)31(37(30)44)15-16-33-41(8)20-19-34(50-36(47)26-39(4,5)38(48)49)40(6,7)32(41)18-21-43(33,42)10/h28-34,37H,1,11-26H2,2-10H3,(H,45,46)(H,48,49)/t28-,29+,30-,31+,32-,33+,34-,37+,41-,42+,43+,44+/m0/s1. The molecule has 6 rings (SSSR count). The molecular weight excluding hydrogens is 622 g/mol. The average Bonchev–Trinajstić information content (AvgIpc) is 3.39. The lowest BCUT2D eigenvalue weighted by atomic mass is 9.32. The highest BCUT2D eigenvalue weighted by molar-refractivity contribution is 5.81. The van der Waals surface area contributed by atoms with Crippen LogP contribution in [0.15, 0.2) is 12.2 Å². The first-order chi connectivity index (χ1) is 23.2. The Hall–Kier alpha value is -1.85. The summed E-state index contributed by atoms with van der Waals surface area (Å²) < 4.78 is 6.19. The van der Waals surface area contributed by atoms with Crippen molar-refractivity contribution in [1.82, 2.24) is 5.32 Å². The zero-order valence-electron chi connectivity index (χ0n) is 33.2. The second-order valence-corrected chi connectivity index (χ2v) is 21.0. The number of rotatable bonds is 8. The molecule has 0 bridgehead atoms. The van der Waals surface area contributed by atoms with Crippen molar-refractivity contribution in [3.05, 3.63) is 12.2 Å². The van der Waals surface area contributed by atoms with Gasteiger partial charge in [-0.2, -0.15) is 0 Å². The summed E-state index contributed by atoms with van der Waals surface area (Å²) in [5.41, 5.74) is 0.670. The molecule has 0 saturated heterocycles. The fourth-order valence-corrected chi connectivity index (χ4v) is 14.4. The van der Waals surface area contributed by atoms with Gasteiger partial charge in [0.15, 0.2) is 0 Å². The van der Waals surface area contributed by atoms with Gasteiger partial charge in [0, 0.05) is 17.9 Å². The van der Waals surface area contributed by atoms with Gasteiger partial charge in [0.1, 0.15) is 6.10 Å². The predicted octanol–water partition coefficient (Wildman–Crippen LogP) is 10.1. The number of allylic oxidation sites excluding steroid dienone is 1. The van der Waals surface area contributed by atoms with Crippen LogP contribution in [0.4, 0.5) is 0 Å². The number of esters is 1. The molecule has 6 nitrogen and oxygen atoms in total. The van der Waals surface area contributed by atoms with Gasteiger partial charge in [0.2, 0.25) is 5.91 Å². The first-order valence-electron chi connectivity index (χ1n) is 20.6. The van der Waals surface area contributed by atoms with Gasteiger partial charge in [0.25, 0.3) is 0 Å². The first-order valence-corrected chi connectivity index (χ1v) is 20.6. The summed E-state index contributed by atoms with van der Waals surface area (Å²) in [7, 11) is 0. The van der Waals surface area contributed by atoms with Crippen molar-refractivity contribution >= 4 is 17.8 Å². The maximum atomic E-state index is 13.9. The summed E-state index contributed by atoms with van der Waals surface area (Å²) in [4.78, 5) is 38.7. The minimum atomic E-state index is -1.14. The van der Waals surface area contributed by atoms with Gasteiger partial charge in [-0.1, -0.05) is 53.7 Å². The summed E-state index contributed by atoms with van der Waals surface area (Å²) in [6.07, 6.45) is 16.5. The van der Waals surface area contributed by atoms with Crippen LogP contribution in [0, 0.1) is 68.0 Å². The van der Waals surface area contributed by atoms with E-state index in [1.807, 2.05) is 0 Å². The molecule has 0 unspecified atom stereocenters. The van der Waals surface area contributed by atoms with Gasteiger partial charge in [-0.25, -0.2) is 0 Å². The number of amides is 1. The van der Waals surface area contributed by atoms with Crippen molar-refractivity contribution in [2.24, 2.45) is 68.0 Å². The van der Waals surface area contributed by atoms with Crippen LogP contribution in [0.5, 0.6) is 0 Å². The number of nitrogens with one attached hydrogen (secondary N) is 1. The van der Waals surface area contributed by atoms with E-state index in [9.17, 15) is 19.5 Å². The molecule has 0 radical (unpaired) electrons. The minimum Gasteiger partial charge on any atom is -0.481 e. The zero-order chi connectivity index (χ0) is 36.7. The Kier molecular flexibility index (Phi) is 9.79. The zero-order valence-corrected chi connectivity index (χ0v) is 33.2. The Morgan fingerprint density at radius 2 is 1.50 bits per heavy atom. The molecule has 6 saturated carbocycles. The number of carbonyl (C=O) groups is 3. The van der Waals surface area contributed by atoms with E-state index in [2.05, 4.69) is 60.4 Å². The molecule has 0 aromatic carbocycles. The summed E-state index contributed by atoms with van der Waals surface area (Å²) in [5.74, 6) is 2.42. The average molecular weight is 694 g/mol. The third-order valence-electron chi connectivity index (χ3n) is 17.5. The molecule has 2 N–H and O–H groups in total. The molecule has 0 aliphatic heterocycles. The van der Waals surface area contributed by atoms with Crippen LogP contribution >= 0.6 is 0 Å². The van der Waals surface area contributed by atoms with E-state index in [-0.39, 0.29) is 45.6 Å². The SMILES string of the molecule is C=C(C)[C@@H]1CC[C@]2(CC(=O)N[C@H]3CC[C@@H](C)CC3)CC[C@]3(C)[C@H](CC[C@@H]4[C@@]5(C)CC[C@H](OC(=O)CC(C)(C)C(=O)O)C(C)(C)[C@@H]5CC[C@]43C)[C@@H]12. The molecular formula is C44H71NO5. The fraction of sp³-hybridized carbons (Fsp3) is 0.886. The van der Waals surface area contributed by atoms with Crippen molar-refractivity contribution < 1.29 is 24.2 Å². The number of carbonyl (C=O) groups excluding carboxylic acids is 2. The number of carboxylic acid groups (broad SMARTS) is 1. The van der Waals surface area contributed by atoms with Gasteiger partial charge < -0.3 is 15.2 Å². The summed E-state index contributed by atoms with van der Waals surface area (Å²) in [6, 6.07) is 0.352. The van der Waals surface area contributed by atoms with E-state index in [0.717, 1.165) is 50.9 Å². The van der Waals surface area contributed by atoms with E-state index < -0.39 is 11.4 Å². The molecule has 6 aliphatic carbocycles. The molecule has 0 spiro atoms. The van der Waals surface area contributed by atoms with Gasteiger partial charge >= 0.3 is 11.9 Å². The maximum absolute atomic E-state index is 13.9. The summed E-state index contributed by atoms with van der Waals surface area (Å²) >= 11 is 0. The van der Waals surface area contributed by atoms with Gasteiger partial charge in [-0.05, 0) is 168 Å². The maximum Gasteiger partial charge on any atom is 0.309 e. The van der Waals surface area contributed by atoms with Crippen molar-refractivity contribution in [3.8, 4) is 0 Å². The second kappa shape index (κ2) is 12.9. The molecule has 6 fully saturated rings. The van der Waals surface area contributed by atoms with Crippen LogP contribution in [-0.4, -0.2) is 35.1 Å². The number of aliphatic carboxylic acids is 1. The molecule has 0 aromatic heterocycles. The third kappa shape index (κ3) is 6.01. The van der Waals surface area contributed by atoms with Gasteiger partial charge in [0.05, 0.1) is 11.8 Å². The van der Waals surface area contributed by atoms with Crippen LogP contribution in [0.3, 0.4) is 0 Å². The van der Waals surface area contributed by atoms with E-state index in [0.29, 0.717) is 48.0 Å². The van der Waals surface area contributed by atoms with Crippen LogP contribution in [0.2, 0.25) is 0 Å². The van der Waals surface area contributed by atoms with E-state index in [1.165, 1.54) is 50.5 Å². The topological polar surface area (TPSA) is 92.7 Å². The second-order valence-electron chi connectivity index (χ2n) is 21.0. The third-order valence-corrected chi connectivity index (χ3v) is 17.5. The lowest BCUT2D eigenvalue weighted by Gasteiger charge is -2.73. The quantitative estimate of drug-likeness (QED) is 0.195. The van der Waals surface area contributed by atoms with Crippen molar-refractivity contribution in [1.29, 1.82) is 0 Å². The fourth-order valence-electron chi connectivity index (χ4n) is 14.4. The van der Waals surface area contributed by atoms with Gasteiger partial charge in [-0.3, -0.25) is 14.4 Å². The monoisotopic (exact) mass is 694 g/mol. The summed E-state index contributed by atoms with van der Waals surface area (Å²) in [6.45, 7) is 24.9. The normalized spacial score (nSPS) is 45.2. The number of carboxylic acids is 1. The minimum absolute atomic E-state index is 0.0866. The Morgan fingerprint density at radius 1 is 0.820 bits per heavy atom. The Labute approximate surface area is 304 Å². The van der Waals surface area contributed by atoms with E-state index in [1.54, 1.807) is 13.8 Å². The number of hydrogen-bond acceptors (Lipinski definition) is 4. The highest BCUT2D eigenvalue weighted by Gasteiger charge is 2.71. The molecule has 0 aromatic rings. The van der Waals surface area contributed by atoms with Crippen LogP contribution in [0.25, 0.3) is 0 Å². The predicted molar refractivity (Wildman–Crippen MR) is 199 cm³/mol. The smallest absolute Gasteiger partial charge is 0.309 e. The lowest BCUT2D eigenvalue weighted by Crippen LogP contribution is -2.67.